The predicted molar refractivity (Wildman–Crippen MR) is 64.4 cm³/mol. The average molecular weight is 208 g/mol. The number of aliphatic hydroxyl groups excluding tert-OH is 1. The van der Waals surface area contributed by atoms with Gasteiger partial charge in [0.05, 0.1) is 6.10 Å². The van der Waals surface area contributed by atoms with Gasteiger partial charge in [0, 0.05) is 6.42 Å². The van der Waals surface area contributed by atoms with Crippen molar-refractivity contribution < 1.29 is 5.11 Å². The van der Waals surface area contributed by atoms with Gasteiger partial charge in [-0.3, -0.25) is 0 Å². The summed E-state index contributed by atoms with van der Waals surface area (Å²) in [6, 6.07) is 0. The molecule has 86 valence electrons. The summed E-state index contributed by atoms with van der Waals surface area (Å²) < 4.78 is 0. The third kappa shape index (κ3) is 3.54. The van der Waals surface area contributed by atoms with E-state index in [1.54, 1.807) is 0 Å². The molecule has 3 atom stereocenters. The van der Waals surface area contributed by atoms with E-state index in [9.17, 15) is 5.11 Å². The number of hydrogen-bond donors (Lipinski definition) is 1. The summed E-state index contributed by atoms with van der Waals surface area (Å²) >= 11 is 0. The van der Waals surface area contributed by atoms with E-state index in [4.69, 9.17) is 6.42 Å². The lowest BCUT2D eigenvalue weighted by Crippen LogP contribution is -2.34. The van der Waals surface area contributed by atoms with Crippen LogP contribution >= 0.6 is 0 Å². The molecule has 1 fully saturated rings. The molecule has 0 aromatic rings. The molecule has 0 saturated heterocycles. The van der Waals surface area contributed by atoms with E-state index in [-0.39, 0.29) is 6.10 Å². The molecule has 1 saturated carbocycles. The zero-order valence-electron chi connectivity index (χ0n) is 10.3. The Morgan fingerprint density at radius 2 is 2.00 bits per heavy atom. The standard InChI is InChI=1S/C14H24O/c1-5-6-7-11-10-12(14(2,3)4)8-9-13(11)15/h1,11-13,15H,6-10H2,2-4H3. The lowest BCUT2D eigenvalue weighted by atomic mass is 9.67. The highest BCUT2D eigenvalue weighted by atomic mass is 16.3. The van der Waals surface area contributed by atoms with Crippen molar-refractivity contribution in [3.05, 3.63) is 0 Å². The van der Waals surface area contributed by atoms with E-state index < -0.39 is 0 Å². The summed E-state index contributed by atoms with van der Waals surface area (Å²) in [5, 5.41) is 9.91. The Hall–Kier alpha value is -0.480. The van der Waals surface area contributed by atoms with Crippen LogP contribution in [0.5, 0.6) is 0 Å². The average Bonchev–Trinajstić information content (AvgIpc) is 2.15. The van der Waals surface area contributed by atoms with Crippen LogP contribution in [0.25, 0.3) is 0 Å². The Balaban J connectivity index is 2.53. The van der Waals surface area contributed by atoms with E-state index in [0.717, 1.165) is 38.0 Å². The second-order valence-electron chi connectivity index (χ2n) is 5.95. The smallest absolute Gasteiger partial charge is 0.0568 e. The summed E-state index contributed by atoms with van der Waals surface area (Å²) in [6.45, 7) is 6.90. The zero-order valence-corrected chi connectivity index (χ0v) is 10.3. The fraction of sp³-hybridized carbons (Fsp3) is 0.857. The first-order chi connectivity index (χ1) is 6.95. The van der Waals surface area contributed by atoms with Crippen LogP contribution in [0.2, 0.25) is 0 Å². The molecule has 0 amide bonds. The topological polar surface area (TPSA) is 20.2 Å². The first kappa shape index (κ1) is 12.6. The van der Waals surface area contributed by atoms with Gasteiger partial charge in [0.2, 0.25) is 0 Å². The molecule has 3 unspecified atom stereocenters. The molecule has 0 heterocycles. The highest BCUT2D eigenvalue weighted by Gasteiger charge is 2.34. The Labute approximate surface area is 94.3 Å². The quantitative estimate of drug-likeness (QED) is 0.691. The van der Waals surface area contributed by atoms with E-state index >= 15 is 0 Å². The van der Waals surface area contributed by atoms with Gasteiger partial charge in [0.25, 0.3) is 0 Å². The maximum Gasteiger partial charge on any atom is 0.0568 e. The van der Waals surface area contributed by atoms with Crippen molar-refractivity contribution in [3.8, 4) is 12.3 Å². The molecule has 1 nitrogen and oxygen atoms in total. The third-order valence-corrected chi connectivity index (χ3v) is 3.83. The molecule has 0 aromatic carbocycles. The lowest BCUT2D eigenvalue weighted by Gasteiger charge is -2.40. The van der Waals surface area contributed by atoms with Crippen molar-refractivity contribution in [2.24, 2.45) is 17.3 Å². The largest absolute Gasteiger partial charge is 0.393 e. The van der Waals surface area contributed by atoms with Crippen molar-refractivity contribution in [1.29, 1.82) is 0 Å². The fourth-order valence-corrected chi connectivity index (χ4v) is 2.61. The molecule has 0 aliphatic heterocycles. The molecule has 1 rings (SSSR count). The summed E-state index contributed by atoms with van der Waals surface area (Å²) in [6.07, 6.45) is 10.2. The van der Waals surface area contributed by atoms with Gasteiger partial charge in [0.1, 0.15) is 0 Å². The first-order valence-corrected chi connectivity index (χ1v) is 6.06. The van der Waals surface area contributed by atoms with Gasteiger partial charge in [-0.05, 0) is 42.9 Å². The van der Waals surface area contributed by atoms with Crippen LogP contribution in [0.3, 0.4) is 0 Å². The predicted octanol–water partition coefficient (Wildman–Crippen LogP) is 3.22. The van der Waals surface area contributed by atoms with Gasteiger partial charge in [-0.1, -0.05) is 20.8 Å². The molecule has 0 aromatic heterocycles. The van der Waals surface area contributed by atoms with E-state index in [2.05, 4.69) is 26.7 Å². The van der Waals surface area contributed by atoms with Crippen molar-refractivity contribution >= 4 is 0 Å². The zero-order chi connectivity index (χ0) is 11.5. The van der Waals surface area contributed by atoms with E-state index in [1.807, 2.05) is 0 Å². The Morgan fingerprint density at radius 1 is 1.33 bits per heavy atom. The molecule has 0 spiro atoms. The fourth-order valence-electron chi connectivity index (χ4n) is 2.61. The maximum absolute atomic E-state index is 9.91. The Kier molecular flexibility index (Phi) is 4.22. The second-order valence-corrected chi connectivity index (χ2v) is 5.95. The summed E-state index contributed by atoms with van der Waals surface area (Å²) in [4.78, 5) is 0. The van der Waals surface area contributed by atoms with Crippen molar-refractivity contribution in [2.45, 2.75) is 59.0 Å². The van der Waals surface area contributed by atoms with Crippen LogP contribution in [-0.4, -0.2) is 11.2 Å². The van der Waals surface area contributed by atoms with Crippen molar-refractivity contribution in [1.82, 2.24) is 0 Å². The molecular formula is C14H24O. The van der Waals surface area contributed by atoms with E-state index in [0.29, 0.717) is 11.3 Å². The van der Waals surface area contributed by atoms with Crippen LogP contribution in [0.4, 0.5) is 0 Å². The second kappa shape index (κ2) is 5.03. The minimum Gasteiger partial charge on any atom is -0.393 e. The maximum atomic E-state index is 9.91. The molecule has 1 aliphatic rings. The highest BCUT2D eigenvalue weighted by molar-refractivity contribution is 4.89. The minimum atomic E-state index is -0.114. The van der Waals surface area contributed by atoms with Gasteiger partial charge >= 0.3 is 0 Å². The SMILES string of the molecule is C#CCCC1CC(C(C)(C)C)CCC1O. The monoisotopic (exact) mass is 208 g/mol. The van der Waals surface area contributed by atoms with Crippen LogP contribution in [-0.2, 0) is 0 Å². The Morgan fingerprint density at radius 3 is 2.53 bits per heavy atom. The summed E-state index contributed by atoms with van der Waals surface area (Å²) in [7, 11) is 0. The molecule has 0 bridgehead atoms. The van der Waals surface area contributed by atoms with Crippen LogP contribution in [0.15, 0.2) is 0 Å². The molecule has 1 heteroatoms. The number of aliphatic hydroxyl groups is 1. The molecular weight excluding hydrogens is 184 g/mol. The van der Waals surface area contributed by atoms with Gasteiger partial charge in [0.15, 0.2) is 0 Å². The normalized spacial score (nSPS) is 32.3. The van der Waals surface area contributed by atoms with Crippen molar-refractivity contribution in [3.63, 3.8) is 0 Å². The molecule has 0 radical (unpaired) electrons. The lowest BCUT2D eigenvalue weighted by molar-refractivity contribution is 0.0165. The van der Waals surface area contributed by atoms with E-state index in [1.165, 1.54) is 0 Å². The minimum absolute atomic E-state index is 0.114. The van der Waals surface area contributed by atoms with Gasteiger partial charge < -0.3 is 5.11 Å². The van der Waals surface area contributed by atoms with Gasteiger partial charge in [-0.25, -0.2) is 0 Å². The summed E-state index contributed by atoms with van der Waals surface area (Å²) in [5.41, 5.74) is 0.370. The third-order valence-electron chi connectivity index (χ3n) is 3.83. The Bertz CT molecular complexity index is 231. The van der Waals surface area contributed by atoms with Crippen LogP contribution in [0, 0.1) is 29.6 Å². The van der Waals surface area contributed by atoms with Gasteiger partial charge in [-0.15, -0.1) is 12.3 Å². The number of hydrogen-bond acceptors (Lipinski definition) is 1. The number of terminal acetylenes is 1. The first-order valence-electron chi connectivity index (χ1n) is 6.06. The summed E-state index contributed by atoms with van der Waals surface area (Å²) in [5.74, 6) is 3.85. The molecule has 15 heavy (non-hydrogen) atoms. The molecule has 1 aliphatic carbocycles. The van der Waals surface area contributed by atoms with Crippen LogP contribution < -0.4 is 0 Å². The van der Waals surface area contributed by atoms with Crippen molar-refractivity contribution in [2.75, 3.05) is 0 Å². The van der Waals surface area contributed by atoms with Gasteiger partial charge in [-0.2, -0.15) is 0 Å². The number of rotatable bonds is 2. The molecule has 1 N–H and O–H groups in total. The highest BCUT2D eigenvalue weighted by Crippen LogP contribution is 2.41. The van der Waals surface area contributed by atoms with Crippen LogP contribution in [0.1, 0.15) is 52.9 Å².